The van der Waals surface area contributed by atoms with Gasteiger partial charge < -0.3 is 9.47 Å². The Bertz CT molecular complexity index is 1100. The Balaban J connectivity index is 1.67. The van der Waals surface area contributed by atoms with Gasteiger partial charge in [-0.05, 0) is 47.0 Å². The number of hydrogen-bond acceptors (Lipinski definition) is 3. The summed E-state index contributed by atoms with van der Waals surface area (Å²) in [5.41, 5.74) is 5.22. The molecular formula is C23H20N2O2. The molecule has 4 rings (SSSR count). The Hall–Kier alpha value is -3.53. The van der Waals surface area contributed by atoms with E-state index in [2.05, 4.69) is 46.6 Å². The lowest BCUT2D eigenvalue weighted by Crippen LogP contribution is -1.90. The second-order valence-electron chi connectivity index (χ2n) is 6.18. The van der Waals surface area contributed by atoms with Gasteiger partial charge in [0.25, 0.3) is 0 Å². The molecule has 0 saturated heterocycles. The number of nitrogens with one attached hydrogen (secondary N) is 1. The summed E-state index contributed by atoms with van der Waals surface area (Å²) in [5.74, 6) is 1.43. The maximum absolute atomic E-state index is 5.41. The van der Waals surface area contributed by atoms with Crippen molar-refractivity contribution in [1.29, 1.82) is 0 Å². The van der Waals surface area contributed by atoms with E-state index in [-0.39, 0.29) is 0 Å². The van der Waals surface area contributed by atoms with Crippen LogP contribution in [0, 0.1) is 0 Å². The Morgan fingerprint density at radius 3 is 2.30 bits per heavy atom. The molecule has 0 aliphatic heterocycles. The smallest absolute Gasteiger partial charge is 0.161 e. The highest BCUT2D eigenvalue weighted by atomic mass is 16.5. The van der Waals surface area contributed by atoms with Crippen LogP contribution in [-0.4, -0.2) is 24.4 Å². The lowest BCUT2D eigenvalue weighted by atomic mass is 10.0. The lowest BCUT2D eigenvalue weighted by molar-refractivity contribution is 0.355. The van der Waals surface area contributed by atoms with Gasteiger partial charge in [0, 0.05) is 5.39 Å². The van der Waals surface area contributed by atoms with E-state index in [1.807, 2.05) is 42.5 Å². The van der Waals surface area contributed by atoms with Crippen molar-refractivity contribution < 1.29 is 9.47 Å². The average Bonchev–Trinajstić information content (AvgIpc) is 3.14. The first-order valence-electron chi connectivity index (χ1n) is 8.72. The van der Waals surface area contributed by atoms with E-state index in [4.69, 9.17) is 9.47 Å². The van der Waals surface area contributed by atoms with Crippen molar-refractivity contribution in [2.45, 2.75) is 0 Å². The van der Waals surface area contributed by atoms with Gasteiger partial charge in [-0.3, -0.25) is 5.10 Å². The van der Waals surface area contributed by atoms with Crippen LogP contribution in [0.5, 0.6) is 11.5 Å². The lowest BCUT2D eigenvalue weighted by Gasteiger charge is -2.09. The molecule has 4 aromatic rings. The molecule has 0 spiro atoms. The number of rotatable bonds is 5. The van der Waals surface area contributed by atoms with Gasteiger partial charge in [0.15, 0.2) is 11.5 Å². The highest BCUT2D eigenvalue weighted by Gasteiger charge is 2.09. The second kappa shape index (κ2) is 7.38. The fourth-order valence-corrected chi connectivity index (χ4v) is 3.10. The van der Waals surface area contributed by atoms with Crippen LogP contribution in [0.3, 0.4) is 0 Å². The third kappa shape index (κ3) is 3.42. The van der Waals surface area contributed by atoms with Gasteiger partial charge in [-0.25, -0.2) is 0 Å². The second-order valence-corrected chi connectivity index (χ2v) is 6.18. The van der Waals surface area contributed by atoms with Gasteiger partial charge >= 0.3 is 0 Å². The molecule has 0 radical (unpaired) electrons. The molecule has 3 aromatic carbocycles. The van der Waals surface area contributed by atoms with Crippen molar-refractivity contribution in [3.05, 3.63) is 78.0 Å². The molecule has 0 saturated carbocycles. The predicted molar refractivity (Wildman–Crippen MR) is 110 cm³/mol. The Labute approximate surface area is 158 Å². The Kier molecular flexibility index (Phi) is 4.62. The Morgan fingerprint density at radius 2 is 1.52 bits per heavy atom. The number of nitrogens with zero attached hydrogens (tertiary/aromatic N) is 1. The first kappa shape index (κ1) is 16.9. The summed E-state index contributed by atoms with van der Waals surface area (Å²) in [5, 5.41) is 8.67. The summed E-state index contributed by atoms with van der Waals surface area (Å²) in [6.07, 6.45) is 4.10. The number of methoxy groups -OCH3 is 2. The van der Waals surface area contributed by atoms with Gasteiger partial charge in [-0.2, -0.15) is 5.10 Å². The van der Waals surface area contributed by atoms with E-state index in [0.29, 0.717) is 5.75 Å². The number of H-pyrrole nitrogens is 1. The van der Waals surface area contributed by atoms with Crippen LogP contribution in [0.15, 0.2) is 66.7 Å². The van der Waals surface area contributed by atoms with Gasteiger partial charge in [-0.15, -0.1) is 0 Å². The van der Waals surface area contributed by atoms with E-state index in [1.165, 1.54) is 0 Å². The third-order valence-electron chi connectivity index (χ3n) is 4.54. The molecule has 1 N–H and O–H groups in total. The topological polar surface area (TPSA) is 47.1 Å². The molecule has 0 fully saturated rings. The standard InChI is InChI=1S/C23H20N2O2/c1-26-22-13-10-18(15-23(22)27-2)17-9-11-19-20(24-25-21(19)14-17)12-8-16-6-4-3-5-7-16/h3-15H,1-2H3,(H,24,25). The molecule has 0 unspecified atom stereocenters. The average molecular weight is 356 g/mol. The van der Waals surface area contributed by atoms with Gasteiger partial charge in [-0.1, -0.05) is 48.5 Å². The highest BCUT2D eigenvalue weighted by molar-refractivity contribution is 5.92. The van der Waals surface area contributed by atoms with Crippen LogP contribution in [0.1, 0.15) is 11.3 Å². The number of ether oxygens (including phenoxy) is 2. The summed E-state index contributed by atoms with van der Waals surface area (Å²) in [7, 11) is 3.28. The predicted octanol–water partition coefficient (Wildman–Crippen LogP) is 5.42. The molecule has 0 aliphatic rings. The van der Waals surface area contributed by atoms with Crippen molar-refractivity contribution in [2.75, 3.05) is 14.2 Å². The van der Waals surface area contributed by atoms with E-state index in [0.717, 1.165) is 39.0 Å². The third-order valence-corrected chi connectivity index (χ3v) is 4.54. The minimum Gasteiger partial charge on any atom is -0.493 e. The number of hydrogen-bond donors (Lipinski definition) is 1. The fraction of sp³-hybridized carbons (Fsp3) is 0.0870. The number of fused-ring (bicyclic) bond motifs is 1. The number of aromatic amines is 1. The molecular weight excluding hydrogens is 336 g/mol. The van der Waals surface area contributed by atoms with Crippen LogP contribution in [0.25, 0.3) is 34.2 Å². The van der Waals surface area contributed by atoms with Crippen LogP contribution in [0.4, 0.5) is 0 Å². The van der Waals surface area contributed by atoms with Crippen molar-refractivity contribution in [2.24, 2.45) is 0 Å². The molecule has 27 heavy (non-hydrogen) atoms. The van der Waals surface area contributed by atoms with Gasteiger partial charge in [0.1, 0.15) is 0 Å². The molecule has 0 aliphatic carbocycles. The van der Waals surface area contributed by atoms with Gasteiger partial charge in [0.2, 0.25) is 0 Å². The van der Waals surface area contributed by atoms with Crippen molar-refractivity contribution in [1.82, 2.24) is 10.2 Å². The van der Waals surface area contributed by atoms with Gasteiger partial charge in [0.05, 0.1) is 25.4 Å². The molecule has 1 heterocycles. The fourth-order valence-electron chi connectivity index (χ4n) is 3.10. The molecule has 1 aromatic heterocycles. The van der Waals surface area contributed by atoms with Crippen molar-refractivity contribution in [3.8, 4) is 22.6 Å². The van der Waals surface area contributed by atoms with E-state index in [9.17, 15) is 0 Å². The molecule has 0 atom stereocenters. The molecule has 134 valence electrons. The summed E-state index contributed by atoms with van der Waals surface area (Å²) < 4.78 is 10.7. The summed E-state index contributed by atoms with van der Waals surface area (Å²) in [6.45, 7) is 0. The summed E-state index contributed by atoms with van der Waals surface area (Å²) in [6, 6.07) is 22.4. The van der Waals surface area contributed by atoms with E-state index in [1.54, 1.807) is 14.2 Å². The summed E-state index contributed by atoms with van der Waals surface area (Å²) >= 11 is 0. The zero-order valence-electron chi connectivity index (χ0n) is 15.3. The molecule has 0 amide bonds. The highest BCUT2D eigenvalue weighted by Crippen LogP contribution is 2.33. The molecule has 4 heteroatoms. The zero-order chi connectivity index (χ0) is 18.6. The first-order valence-corrected chi connectivity index (χ1v) is 8.72. The SMILES string of the molecule is COc1ccc(-c2ccc3c(C=Cc4ccccc4)n[nH]c3c2)cc1OC. The number of benzene rings is 3. The molecule has 0 bridgehead atoms. The maximum atomic E-state index is 5.41. The monoisotopic (exact) mass is 356 g/mol. The normalized spacial score (nSPS) is 11.2. The van der Waals surface area contributed by atoms with Crippen molar-refractivity contribution >= 4 is 23.1 Å². The maximum Gasteiger partial charge on any atom is 0.161 e. The van der Waals surface area contributed by atoms with E-state index >= 15 is 0 Å². The zero-order valence-corrected chi connectivity index (χ0v) is 15.3. The minimum absolute atomic E-state index is 0.714. The molecule has 4 nitrogen and oxygen atoms in total. The quantitative estimate of drug-likeness (QED) is 0.519. The van der Waals surface area contributed by atoms with Crippen LogP contribution in [-0.2, 0) is 0 Å². The van der Waals surface area contributed by atoms with Crippen LogP contribution in [0.2, 0.25) is 0 Å². The largest absolute Gasteiger partial charge is 0.493 e. The van der Waals surface area contributed by atoms with Crippen molar-refractivity contribution in [3.63, 3.8) is 0 Å². The number of aromatic nitrogens is 2. The summed E-state index contributed by atoms with van der Waals surface area (Å²) in [4.78, 5) is 0. The minimum atomic E-state index is 0.714. The van der Waals surface area contributed by atoms with Crippen LogP contribution < -0.4 is 9.47 Å². The Morgan fingerprint density at radius 1 is 0.778 bits per heavy atom. The van der Waals surface area contributed by atoms with Crippen LogP contribution >= 0.6 is 0 Å². The van der Waals surface area contributed by atoms with E-state index < -0.39 is 0 Å². The first-order chi connectivity index (χ1) is 13.3.